The van der Waals surface area contributed by atoms with E-state index in [9.17, 15) is 18.4 Å². The van der Waals surface area contributed by atoms with Crippen molar-refractivity contribution in [1.29, 1.82) is 0 Å². The molecule has 1 heterocycles. The van der Waals surface area contributed by atoms with Crippen molar-refractivity contribution in [2.24, 2.45) is 0 Å². The summed E-state index contributed by atoms with van der Waals surface area (Å²) in [6.07, 6.45) is 0. The summed E-state index contributed by atoms with van der Waals surface area (Å²) in [7, 11) is 0. The maximum atomic E-state index is 12.4. The van der Waals surface area contributed by atoms with Crippen LogP contribution in [0.5, 0.6) is 11.5 Å². The zero-order valence-electron chi connectivity index (χ0n) is 14.2. The zero-order chi connectivity index (χ0) is 19.4. The molecular formula is C19H15F2NO5. The Balaban J connectivity index is 1.68. The number of ether oxygens (including phenoxy) is 2. The van der Waals surface area contributed by atoms with Gasteiger partial charge in [0.05, 0.1) is 5.69 Å². The van der Waals surface area contributed by atoms with E-state index >= 15 is 0 Å². The highest BCUT2D eigenvalue weighted by Crippen LogP contribution is 2.26. The normalized spacial score (nSPS) is 10.8. The lowest BCUT2D eigenvalue weighted by molar-refractivity contribution is -0.118. The molecule has 0 aliphatic heterocycles. The van der Waals surface area contributed by atoms with E-state index < -0.39 is 18.1 Å². The number of carbonyl (C=O) groups is 1. The molecule has 1 amide bonds. The third-order valence-electron chi connectivity index (χ3n) is 3.67. The number of rotatable bonds is 6. The van der Waals surface area contributed by atoms with Crippen LogP contribution >= 0.6 is 0 Å². The van der Waals surface area contributed by atoms with Gasteiger partial charge in [-0.3, -0.25) is 4.79 Å². The molecule has 0 bridgehead atoms. The quantitative estimate of drug-likeness (QED) is 0.665. The minimum Gasteiger partial charge on any atom is -0.484 e. The van der Waals surface area contributed by atoms with Gasteiger partial charge in [-0.15, -0.1) is 0 Å². The largest absolute Gasteiger partial charge is 0.484 e. The second-order valence-corrected chi connectivity index (χ2v) is 5.62. The summed E-state index contributed by atoms with van der Waals surface area (Å²) in [5.41, 5.74) is 0.729. The lowest BCUT2D eigenvalue weighted by Crippen LogP contribution is -2.20. The van der Waals surface area contributed by atoms with E-state index in [2.05, 4.69) is 10.1 Å². The van der Waals surface area contributed by atoms with Crippen LogP contribution in [-0.2, 0) is 4.79 Å². The number of para-hydroxylation sites is 2. The number of hydrogen-bond donors (Lipinski definition) is 1. The average molecular weight is 375 g/mol. The van der Waals surface area contributed by atoms with E-state index in [-0.39, 0.29) is 18.0 Å². The molecular weight excluding hydrogens is 360 g/mol. The summed E-state index contributed by atoms with van der Waals surface area (Å²) in [4.78, 5) is 23.5. The van der Waals surface area contributed by atoms with E-state index in [1.165, 1.54) is 30.3 Å². The van der Waals surface area contributed by atoms with Crippen LogP contribution in [0.3, 0.4) is 0 Å². The molecule has 27 heavy (non-hydrogen) atoms. The van der Waals surface area contributed by atoms with Crippen LogP contribution in [0, 0.1) is 6.92 Å². The molecule has 2 aromatic carbocycles. The van der Waals surface area contributed by atoms with Crippen LogP contribution in [0.15, 0.2) is 57.7 Å². The van der Waals surface area contributed by atoms with Crippen molar-refractivity contribution in [3.8, 4) is 11.5 Å². The minimum atomic E-state index is -3.00. The molecule has 0 spiro atoms. The van der Waals surface area contributed by atoms with E-state index in [1.807, 2.05) is 0 Å². The van der Waals surface area contributed by atoms with Gasteiger partial charge in [-0.25, -0.2) is 4.79 Å². The number of anilines is 1. The number of alkyl halides is 2. The van der Waals surface area contributed by atoms with Gasteiger partial charge in [0, 0.05) is 17.5 Å². The summed E-state index contributed by atoms with van der Waals surface area (Å²) in [6.45, 7) is -1.59. The molecule has 8 heteroatoms. The Labute approximate surface area is 152 Å². The number of aryl methyl sites for hydroxylation is 1. The Kier molecular flexibility index (Phi) is 5.35. The average Bonchev–Trinajstić information content (AvgIpc) is 2.61. The zero-order valence-corrected chi connectivity index (χ0v) is 14.2. The molecule has 0 unspecified atom stereocenters. The number of benzene rings is 2. The number of fused-ring (bicyclic) bond motifs is 1. The highest BCUT2D eigenvalue weighted by Gasteiger charge is 2.12. The van der Waals surface area contributed by atoms with Gasteiger partial charge in [-0.05, 0) is 36.8 Å². The lowest BCUT2D eigenvalue weighted by Gasteiger charge is -2.12. The number of nitrogens with one attached hydrogen (secondary N) is 1. The molecule has 0 fully saturated rings. The van der Waals surface area contributed by atoms with Crippen molar-refractivity contribution in [2.75, 3.05) is 11.9 Å². The predicted molar refractivity (Wildman–Crippen MR) is 94.4 cm³/mol. The summed E-state index contributed by atoms with van der Waals surface area (Å²) < 4.78 is 39.7. The van der Waals surface area contributed by atoms with Crippen molar-refractivity contribution in [3.63, 3.8) is 0 Å². The third-order valence-corrected chi connectivity index (χ3v) is 3.67. The Bertz CT molecular complexity index is 1030. The van der Waals surface area contributed by atoms with Gasteiger partial charge in [-0.1, -0.05) is 12.1 Å². The molecule has 1 N–H and O–H groups in total. The molecule has 0 atom stereocenters. The highest BCUT2D eigenvalue weighted by atomic mass is 19.3. The molecule has 140 valence electrons. The predicted octanol–water partition coefficient (Wildman–Crippen LogP) is 3.72. The fourth-order valence-corrected chi connectivity index (χ4v) is 2.50. The fraction of sp³-hybridized carbons (Fsp3) is 0.158. The second kappa shape index (κ2) is 7.86. The molecule has 3 rings (SSSR count). The lowest BCUT2D eigenvalue weighted by atomic mass is 10.1. The fourth-order valence-electron chi connectivity index (χ4n) is 2.50. The van der Waals surface area contributed by atoms with Crippen molar-refractivity contribution >= 4 is 22.6 Å². The van der Waals surface area contributed by atoms with Gasteiger partial charge in [-0.2, -0.15) is 8.78 Å². The number of hydrogen-bond acceptors (Lipinski definition) is 5. The third kappa shape index (κ3) is 4.60. The number of carbonyl (C=O) groups excluding carboxylic acids is 1. The standard InChI is InChI=1S/C19H15F2NO5/c1-11-8-18(24)26-16-9-12(6-7-13(11)16)25-10-17(23)22-14-4-2-3-5-15(14)27-19(20)21/h2-9,19H,10H2,1H3,(H,22,23). The first-order chi connectivity index (χ1) is 12.9. The summed E-state index contributed by atoms with van der Waals surface area (Å²) in [6, 6.07) is 12.1. The Morgan fingerprint density at radius 3 is 2.74 bits per heavy atom. The van der Waals surface area contributed by atoms with E-state index in [1.54, 1.807) is 25.1 Å². The first kappa shape index (κ1) is 18.4. The van der Waals surface area contributed by atoms with Crippen molar-refractivity contribution in [2.45, 2.75) is 13.5 Å². The second-order valence-electron chi connectivity index (χ2n) is 5.62. The van der Waals surface area contributed by atoms with Crippen molar-refractivity contribution in [3.05, 3.63) is 64.5 Å². The van der Waals surface area contributed by atoms with Gasteiger partial charge in [0.25, 0.3) is 5.91 Å². The van der Waals surface area contributed by atoms with Crippen LogP contribution in [0.4, 0.5) is 14.5 Å². The first-order valence-electron chi connectivity index (χ1n) is 7.93. The van der Waals surface area contributed by atoms with Gasteiger partial charge in [0.15, 0.2) is 6.61 Å². The molecule has 3 aromatic rings. The van der Waals surface area contributed by atoms with Crippen LogP contribution in [0.1, 0.15) is 5.56 Å². The Morgan fingerprint density at radius 2 is 1.96 bits per heavy atom. The highest BCUT2D eigenvalue weighted by molar-refractivity contribution is 5.93. The molecule has 1 aromatic heterocycles. The maximum Gasteiger partial charge on any atom is 0.387 e. The molecule has 0 aliphatic carbocycles. The molecule has 0 aliphatic rings. The van der Waals surface area contributed by atoms with E-state index in [0.29, 0.717) is 11.3 Å². The molecule has 0 saturated carbocycles. The number of amides is 1. The monoisotopic (exact) mass is 375 g/mol. The first-order valence-corrected chi connectivity index (χ1v) is 7.93. The summed E-state index contributed by atoms with van der Waals surface area (Å²) >= 11 is 0. The van der Waals surface area contributed by atoms with E-state index in [0.717, 1.165) is 10.9 Å². The van der Waals surface area contributed by atoms with Gasteiger partial charge < -0.3 is 19.2 Å². The number of halogens is 2. The Hall–Kier alpha value is -3.42. The molecule has 0 radical (unpaired) electrons. The van der Waals surface area contributed by atoms with Gasteiger partial charge >= 0.3 is 12.2 Å². The topological polar surface area (TPSA) is 77.8 Å². The summed E-state index contributed by atoms with van der Waals surface area (Å²) in [5, 5.41) is 3.20. The van der Waals surface area contributed by atoms with Gasteiger partial charge in [0.1, 0.15) is 17.1 Å². The van der Waals surface area contributed by atoms with Crippen LogP contribution < -0.4 is 20.4 Å². The van der Waals surface area contributed by atoms with Crippen LogP contribution in [0.25, 0.3) is 11.0 Å². The van der Waals surface area contributed by atoms with Crippen LogP contribution in [0.2, 0.25) is 0 Å². The Morgan fingerprint density at radius 1 is 1.19 bits per heavy atom. The minimum absolute atomic E-state index is 0.103. The van der Waals surface area contributed by atoms with Crippen molar-refractivity contribution < 1.29 is 27.5 Å². The van der Waals surface area contributed by atoms with Gasteiger partial charge in [0.2, 0.25) is 0 Å². The smallest absolute Gasteiger partial charge is 0.387 e. The van der Waals surface area contributed by atoms with Crippen molar-refractivity contribution in [1.82, 2.24) is 0 Å². The van der Waals surface area contributed by atoms with E-state index in [4.69, 9.17) is 9.15 Å². The van der Waals surface area contributed by atoms with Crippen LogP contribution in [-0.4, -0.2) is 19.1 Å². The SMILES string of the molecule is Cc1cc(=O)oc2cc(OCC(=O)Nc3ccccc3OC(F)F)ccc12. The molecule has 6 nitrogen and oxygen atoms in total. The molecule has 0 saturated heterocycles. The summed E-state index contributed by atoms with van der Waals surface area (Å²) in [5.74, 6) is -0.390. The maximum absolute atomic E-state index is 12.4.